The van der Waals surface area contributed by atoms with E-state index in [2.05, 4.69) is 5.48 Å². The van der Waals surface area contributed by atoms with E-state index in [-0.39, 0.29) is 16.7 Å². The Balaban J connectivity index is 2.03. The van der Waals surface area contributed by atoms with Gasteiger partial charge < -0.3 is 5.21 Å². The Kier molecular flexibility index (Phi) is 3.00. The van der Waals surface area contributed by atoms with Crippen LogP contribution in [0.3, 0.4) is 0 Å². The van der Waals surface area contributed by atoms with Crippen molar-refractivity contribution >= 4 is 5.69 Å². The molecule has 0 amide bonds. The Hall–Kier alpha value is -2.24. The van der Waals surface area contributed by atoms with Crippen LogP contribution in [-0.4, -0.2) is 10.1 Å². The molecule has 102 valence electrons. The zero-order chi connectivity index (χ0) is 14.3. The number of rotatable bonds is 3. The van der Waals surface area contributed by atoms with E-state index in [0.717, 1.165) is 27.8 Å². The van der Waals surface area contributed by atoms with Crippen LogP contribution in [0.5, 0.6) is 0 Å². The Morgan fingerprint density at radius 1 is 1.20 bits per heavy atom. The second-order valence-electron chi connectivity index (χ2n) is 5.04. The van der Waals surface area contributed by atoms with Crippen molar-refractivity contribution in [3.8, 4) is 11.1 Å². The van der Waals surface area contributed by atoms with Crippen LogP contribution in [0.25, 0.3) is 11.1 Å². The lowest BCUT2D eigenvalue weighted by atomic mass is 10.0. The molecule has 5 nitrogen and oxygen atoms in total. The molecular weight excluding hydrogens is 256 g/mol. The Bertz CT molecular complexity index is 698. The summed E-state index contributed by atoms with van der Waals surface area (Å²) in [6, 6.07) is 10.9. The number of benzene rings is 2. The average molecular weight is 270 g/mol. The van der Waals surface area contributed by atoms with E-state index in [0.29, 0.717) is 6.42 Å². The predicted octanol–water partition coefficient (Wildman–Crippen LogP) is 3.21. The summed E-state index contributed by atoms with van der Waals surface area (Å²) in [6.07, 6.45) is 0.693. The fraction of sp³-hybridized carbons (Fsp3) is 0.200. The van der Waals surface area contributed by atoms with E-state index >= 15 is 0 Å². The average Bonchev–Trinajstić information content (AvgIpc) is 2.82. The van der Waals surface area contributed by atoms with E-state index in [4.69, 9.17) is 5.21 Å². The highest BCUT2D eigenvalue weighted by Gasteiger charge is 2.21. The fourth-order valence-corrected chi connectivity index (χ4v) is 2.67. The standard InChI is InChI=1S/C15H14N2O3/c1-9(16-18)10-2-4-14-11(6-10)7-12-8-13(17(19)20)3-5-15(12)14/h2-6,8-9,16,18H,7H2,1H3. The maximum absolute atomic E-state index is 10.8. The zero-order valence-corrected chi connectivity index (χ0v) is 11.0. The van der Waals surface area contributed by atoms with E-state index in [1.807, 2.05) is 31.2 Å². The molecule has 5 heteroatoms. The normalized spacial score (nSPS) is 13.7. The van der Waals surface area contributed by atoms with Gasteiger partial charge in [0.15, 0.2) is 0 Å². The van der Waals surface area contributed by atoms with Crippen molar-refractivity contribution in [3.63, 3.8) is 0 Å². The first-order chi connectivity index (χ1) is 9.60. The first-order valence-electron chi connectivity index (χ1n) is 6.40. The van der Waals surface area contributed by atoms with Gasteiger partial charge in [0.1, 0.15) is 0 Å². The molecule has 0 aliphatic heterocycles. The molecule has 0 spiro atoms. The molecular formula is C15H14N2O3. The number of non-ortho nitro benzene ring substituents is 1. The molecule has 2 N–H and O–H groups in total. The van der Waals surface area contributed by atoms with Crippen LogP contribution in [0.2, 0.25) is 0 Å². The van der Waals surface area contributed by atoms with Crippen LogP contribution in [0.15, 0.2) is 36.4 Å². The van der Waals surface area contributed by atoms with E-state index in [1.165, 1.54) is 0 Å². The largest absolute Gasteiger partial charge is 0.316 e. The maximum Gasteiger partial charge on any atom is 0.269 e. The summed E-state index contributed by atoms with van der Waals surface area (Å²) in [7, 11) is 0. The van der Waals surface area contributed by atoms with Crippen LogP contribution in [0.4, 0.5) is 5.69 Å². The van der Waals surface area contributed by atoms with Crippen LogP contribution in [0.1, 0.15) is 29.7 Å². The minimum Gasteiger partial charge on any atom is -0.316 e. The van der Waals surface area contributed by atoms with Crippen molar-refractivity contribution in [2.45, 2.75) is 19.4 Å². The lowest BCUT2D eigenvalue weighted by Crippen LogP contribution is -2.13. The monoisotopic (exact) mass is 270 g/mol. The summed E-state index contributed by atoms with van der Waals surface area (Å²) >= 11 is 0. The van der Waals surface area contributed by atoms with Gasteiger partial charge in [-0.05, 0) is 47.2 Å². The third kappa shape index (κ3) is 1.97. The van der Waals surface area contributed by atoms with Gasteiger partial charge in [0.2, 0.25) is 0 Å². The zero-order valence-electron chi connectivity index (χ0n) is 11.0. The minimum atomic E-state index is -0.369. The SMILES string of the molecule is CC(NO)c1ccc2c(c1)Cc1cc([N+](=O)[O-])ccc1-2. The quantitative estimate of drug-likeness (QED) is 0.566. The molecule has 2 aromatic rings. The predicted molar refractivity (Wildman–Crippen MR) is 74.7 cm³/mol. The molecule has 0 fully saturated rings. The first kappa shape index (κ1) is 12.8. The van der Waals surface area contributed by atoms with Gasteiger partial charge in [-0.2, -0.15) is 5.48 Å². The van der Waals surface area contributed by atoms with Crippen LogP contribution >= 0.6 is 0 Å². The number of fused-ring (bicyclic) bond motifs is 3. The van der Waals surface area contributed by atoms with Gasteiger partial charge >= 0.3 is 0 Å². The maximum atomic E-state index is 10.8. The molecule has 2 aromatic carbocycles. The van der Waals surface area contributed by atoms with E-state index in [9.17, 15) is 10.1 Å². The molecule has 0 heterocycles. The van der Waals surface area contributed by atoms with Crippen LogP contribution in [-0.2, 0) is 6.42 Å². The molecule has 3 rings (SSSR count). The number of nitro groups is 1. The summed E-state index contributed by atoms with van der Waals surface area (Å²) in [5.41, 5.74) is 7.64. The van der Waals surface area contributed by atoms with E-state index in [1.54, 1.807) is 12.1 Å². The molecule has 1 aliphatic rings. The first-order valence-corrected chi connectivity index (χ1v) is 6.40. The molecule has 1 unspecified atom stereocenters. The molecule has 0 saturated heterocycles. The van der Waals surface area contributed by atoms with Gasteiger partial charge in [-0.3, -0.25) is 10.1 Å². The number of hydrogen-bond acceptors (Lipinski definition) is 4. The highest BCUT2D eigenvalue weighted by molar-refractivity contribution is 5.78. The number of hydrogen-bond donors (Lipinski definition) is 2. The van der Waals surface area contributed by atoms with Gasteiger partial charge in [-0.15, -0.1) is 0 Å². The Labute approximate surface area is 116 Å². The second-order valence-corrected chi connectivity index (χ2v) is 5.04. The summed E-state index contributed by atoms with van der Waals surface area (Å²) in [4.78, 5) is 10.5. The number of nitrogens with zero attached hydrogens (tertiary/aromatic N) is 1. The Morgan fingerprint density at radius 2 is 1.85 bits per heavy atom. The molecule has 20 heavy (non-hydrogen) atoms. The van der Waals surface area contributed by atoms with Gasteiger partial charge in [0.25, 0.3) is 5.69 Å². The molecule has 0 aromatic heterocycles. The fourth-order valence-electron chi connectivity index (χ4n) is 2.67. The van der Waals surface area contributed by atoms with Gasteiger partial charge in [-0.25, -0.2) is 0 Å². The summed E-state index contributed by atoms with van der Waals surface area (Å²) in [5, 5.41) is 19.8. The molecule has 0 saturated carbocycles. The summed E-state index contributed by atoms with van der Waals surface area (Å²) in [6.45, 7) is 1.87. The molecule has 0 bridgehead atoms. The van der Waals surface area contributed by atoms with Crippen LogP contribution < -0.4 is 5.48 Å². The highest BCUT2D eigenvalue weighted by Crippen LogP contribution is 2.39. The lowest BCUT2D eigenvalue weighted by molar-refractivity contribution is -0.384. The summed E-state index contributed by atoms with van der Waals surface area (Å²) < 4.78 is 0. The number of hydroxylamine groups is 1. The summed E-state index contributed by atoms with van der Waals surface area (Å²) in [5.74, 6) is 0. The van der Waals surface area contributed by atoms with E-state index < -0.39 is 0 Å². The molecule has 0 radical (unpaired) electrons. The molecule has 1 atom stereocenters. The number of nitrogens with one attached hydrogen (secondary N) is 1. The van der Waals surface area contributed by atoms with Gasteiger partial charge in [0, 0.05) is 12.1 Å². The van der Waals surface area contributed by atoms with Crippen molar-refractivity contribution in [2.24, 2.45) is 0 Å². The van der Waals surface area contributed by atoms with Crippen molar-refractivity contribution in [1.82, 2.24) is 5.48 Å². The van der Waals surface area contributed by atoms with Gasteiger partial charge in [0.05, 0.1) is 11.0 Å². The van der Waals surface area contributed by atoms with Gasteiger partial charge in [-0.1, -0.05) is 18.2 Å². The topological polar surface area (TPSA) is 75.4 Å². The smallest absolute Gasteiger partial charge is 0.269 e. The second kappa shape index (κ2) is 4.70. The van der Waals surface area contributed by atoms with Crippen molar-refractivity contribution in [3.05, 3.63) is 63.2 Å². The third-order valence-electron chi connectivity index (χ3n) is 3.79. The van der Waals surface area contributed by atoms with Crippen molar-refractivity contribution in [1.29, 1.82) is 0 Å². The van der Waals surface area contributed by atoms with Crippen LogP contribution in [0, 0.1) is 10.1 Å². The molecule has 1 aliphatic carbocycles. The third-order valence-corrected chi connectivity index (χ3v) is 3.79. The number of nitro benzene ring substituents is 1. The van der Waals surface area contributed by atoms with Crippen molar-refractivity contribution < 1.29 is 10.1 Å². The Morgan fingerprint density at radius 3 is 2.50 bits per heavy atom. The highest BCUT2D eigenvalue weighted by atomic mass is 16.6. The minimum absolute atomic E-state index is 0.127. The lowest BCUT2D eigenvalue weighted by Gasteiger charge is -2.11. The van der Waals surface area contributed by atoms with Crippen molar-refractivity contribution in [2.75, 3.05) is 0 Å².